The second kappa shape index (κ2) is 66.3. The van der Waals surface area contributed by atoms with Gasteiger partial charge in [0.2, 0.25) is 0 Å². The summed E-state index contributed by atoms with van der Waals surface area (Å²) in [6.07, 6.45) is 51.3. The molecule has 0 aromatic heterocycles. The smallest absolute Gasteiger partial charge is 0.462 e. The van der Waals surface area contributed by atoms with E-state index in [1.807, 2.05) is 0 Å². The molecule has 0 aliphatic heterocycles. The maximum Gasteiger partial charge on any atom is 0.472 e. The van der Waals surface area contributed by atoms with E-state index < -0.39 is 97.5 Å². The van der Waals surface area contributed by atoms with Crippen molar-refractivity contribution in [2.45, 2.75) is 408 Å². The van der Waals surface area contributed by atoms with E-state index in [1.165, 1.54) is 186 Å². The Morgan fingerprint density at radius 3 is 0.740 bits per heavy atom. The third-order valence-corrected chi connectivity index (χ3v) is 20.4. The van der Waals surface area contributed by atoms with Crippen LogP contribution < -0.4 is 0 Å². The van der Waals surface area contributed by atoms with Crippen LogP contribution >= 0.6 is 15.6 Å². The molecule has 5 unspecified atom stereocenters. The molecule has 0 spiro atoms. The number of hydrogen-bond acceptors (Lipinski definition) is 15. The van der Waals surface area contributed by atoms with Gasteiger partial charge in [0.05, 0.1) is 26.4 Å². The third-order valence-electron chi connectivity index (χ3n) is 18.5. The average Bonchev–Trinajstić information content (AvgIpc) is 1.37. The summed E-state index contributed by atoms with van der Waals surface area (Å²) < 4.78 is 68.5. The van der Waals surface area contributed by atoms with Crippen LogP contribution in [0.1, 0.15) is 389 Å². The van der Waals surface area contributed by atoms with Crippen molar-refractivity contribution >= 4 is 39.5 Å². The van der Waals surface area contributed by atoms with Crippen LogP contribution in [0, 0.1) is 23.7 Å². The van der Waals surface area contributed by atoms with Crippen molar-refractivity contribution in [3.05, 3.63) is 0 Å². The molecule has 0 fully saturated rings. The molecular formula is C77H150O17P2. The highest BCUT2D eigenvalue weighted by atomic mass is 31.2. The highest BCUT2D eigenvalue weighted by Gasteiger charge is 2.30. The second-order valence-electron chi connectivity index (χ2n) is 29.2. The van der Waals surface area contributed by atoms with E-state index in [4.69, 9.17) is 37.0 Å². The fourth-order valence-corrected chi connectivity index (χ4v) is 13.2. The Morgan fingerprint density at radius 1 is 0.292 bits per heavy atom. The quantitative estimate of drug-likeness (QED) is 0.0222. The number of carbonyl (C=O) groups is 4. The van der Waals surface area contributed by atoms with E-state index in [1.54, 1.807) is 0 Å². The van der Waals surface area contributed by atoms with Crippen molar-refractivity contribution in [2.75, 3.05) is 39.6 Å². The first kappa shape index (κ1) is 94.1. The number of aliphatic hydroxyl groups is 1. The lowest BCUT2D eigenvalue weighted by Gasteiger charge is -2.21. The van der Waals surface area contributed by atoms with Crippen molar-refractivity contribution in [1.82, 2.24) is 0 Å². The van der Waals surface area contributed by atoms with Crippen LogP contribution in [0.4, 0.5) is 0 Å². The number of aliphatic hydroxyl groups excluding tert-OH is 1. The summed E-state index contributed by atoms with van der Waals surface area (Å²) in [4.78, 5) is 72.8. The van der Waals surface area contributed by atoms with Crippen molar-refractivity contribution in [1.29, 1.82) is 0 Å². The lowest BCUT2D eigenvalue weighted by atomic mass is 9.99. The van der Waals surface area contributed by atoms with Gasteiger partial charge in [0, 0.05) is 25.7 Å². The first-order valence-corrected chi connectivity index (χ1v) is 42.8. The Morgan fingerprint density at radius 2 is 0.500 bits per heavy atom. The minimum absolute atomic E-state index is 0.106. The molecule has 0 amide bonds. The van der Waals surface area contributed by atoms with Crippen LogP contribution in [0.5, 0.6) is 0 Å². The van der Waals surface area contributed by atoms with Crippen LogP contribution in [0.15, 0.2) is 0 Å². The molecule has 0 radical (unpaired) electrons. The zero-order valence-electron chi connectivity index (χ0n) is 63.0. The molecule has 0 rings (SSSR count). The van der Waals surface area contributed by atoms with E-state index in [0.29, 0.717) is 31.6 Å². The average molecular weight is 1410 g/mol. The maximum absolute atomic E-state index is 13.1. The van der Waals surface area contributed by atoms with Crippen LogP contribution in [0.25, 0.3) is 0 Å². The molecule has 0 aliphatic carbocycles. The van der Waals surface area contributed by atoms with Crippen LogP contribution in [0.3, 0.4) is 0 Å². The summed E-state index contributed by atoms with van der Waals surface area (Å²) in [6, 6.07) is 0. The van der Waals surface area contributed by atoms with Gasteiger partial charge in [-0.15, -0.1) is 0 Å². The topological polar surface area (TPSA) is 237 Å². The summed E-state index contributed by atoms with van der Waals surface area (Å²) in [5.74, 6) is 0.980. The van der Waals surface area contributed by atoms with E-state index in [9.17, 15) is 43.2 Å². The van der Waals surface area contributed by atoms with Crippen molar-refractivity contribution in [3.63, 3.8) is 0 Å². The molecule has 0 bridgehead atoms. The molecular weight excluding hydrogens is 1260 g/mol. The van der Waals surface area contributed by atoms with Gasteiger partial charge in [-0.25, -0.2) is 9.13 Å². The van der Waals surface area contributed by atoms with Gasteiger partial charge in [-0.05, 0) is 49.4 Å². The fourth-order valence-electron chi connectivity index (χ4n) is 11.7. The summed E-state index contributed by atoms with van der Waals surface area (Å²) in [5, 5.41) is 10.6. The van der Waals surface area contributed by atoms with Gasteiger partial charge in [-0.3, -0.25) is 37.3 Å². The normalized spacial score (nSPS) is 14.7. The Balaban J connectivity index is 5.22. The molecule has 0 aliphatic rings. The molecule has 570 valence electrons. The summed E-state index contributed by atoms with van der Waals surface area (Å²) in [6.45, 7) is 14.2. The number of phosphoric acid groups is 2. The predicted molar refractivity (Wildman–Crippen MR) is 391 cm³/mol. The number of hydrogen-bond donors (Lipinski definition) is 3. The first-order chi connectivity index (χ1) is 46.2. The lowest BCUT2D eigenvalue weighted by Crippen LogP contribution is -2.30. The van der Waals surface area contributed by atoms with E-state index >= 15 is 0 Å². The molecule has 19 heteroatoms. The number of rotatable bonds is 74. The van der Waals surface area contributed by atoms with Crippen LogP contribution in [0.2, 0.25) is 0 Å². The number of phosphoric ester groups is 2. The molecule has 0 aromatic carbocycles. The van der Waals surface area contributed by atoms with Gasteiger partial charge >= 0.3 is 39.5 Å². The number of unbranched alkanes of at least 4 members (excludes halogenated alkanes) is 38. The van der Waals surface area contributed by atoms with E-state index in [0.717, 1.165) is 114 Å². The summed E-state index contributed by atoms with van der Waals surface area (Å²) >= 11 is 0. The van der Waals surface area contributed by atoms with Gasteiger partial charge in [-0.2, -0.15) is 0 Å². The zero-order chi connectivity index (χ0) is 71.0. The molecule has 0 saturated carbocycles. The van der Waals surface area contributed by atoms with Gasteiger partial charge in [-0.1, -0.05) is 338 Å². The van der Waals surface area contributed by atoms with Crippen LogP contribution in [-0.2, 0) is 65.4 Å². The standard InChI is InChI=1S/C77H150O17P2/c1-9-69(7)55-47-39-30-24-19-21-26-32-41-49-57-74(79)87-63-72(93-77(82)60-52-44-34-28-22-20-25-31-40-48-56-70(8)10-2)65-91-95(83,84)89-61-71(78)62-90-96(85,86)92-66-73(64-88-75(80)58-50-42-36-35-38-46-54-68(5)6)94-76(81)59-51-43-33-27-18-16-14-12-11-13-15-17-23-29-37-45-53-67(3)4/h67-73,78H,9-66H2,1-8H3,(H,83,84)(H,85,86)/t69?,70?,71?,72-,73-/m1/s1. The Bertz CT molecular complexity index is 1890. The van der Waals surface area contributed by atoms with E-state index in [-0.39, 0.29) is 25.7 Å². The summed E-state index contributed by atoms with van der Waals surface area (Å²) in [5.41, 5.74) is 0. The van der Waals surface area contributed by atoms with Gasteiger partial charge in [0.1, 0.15) is 19.3 Å². The largest absolute Gasteiger partial charge is 0.472 e. The minimum atomic E-state index is -4.96. The first-order valence-electron chi connectivity index (χ1n) is 39.8. The maximum atomic E-state index is 13.1. The van der Waals surface area contributed by atoms with E-state index in [2.05, 4.69) is 55.4 Å². The fraction of sp³-hybridized carbons (Fsp3) is 0.948. The monoisotopic (exact) mass is 1410 g/mol. The molecule has 3 N–H and O–H groups in total. The van der Waals surface area contributed by atoms with Crippen LogP contribution in [-0.4, -0.2) is 96.7 Å². The third kappa shape index (κ3) is 67.9. The van der Waals surface area contributed by atoms with Gasteiger partial charge in [0.25, 0.3) is 0 Å². The number of esters is 4. The molecule has 96 heavy (non-hydrogen) atoms. The molecule has 0 saturated heterocycles. The molecule has 7 atom stereocenters. The van der Waals surface area contributed by atoms with Crippen molar-refractivity contribution < 1.29 is 80.2 Å². The predicted octanol–water partition coefficient (Wildman–Crippen LogP) is 22.4. The molecule has 17 nitrogen and oxygen atoms in total. The minimum Gasteiger partial charge on any atom is -0.462 e. The lowest BCUT2D eigenvalue weighted by molar-refractivity contribution is -0.161. The summed E-state index contributed by atoms with van der Waals surface area (Å²) in [7, 11) is -9.91. The molecule has 0 aromatic rings. The zero-order valence-corrected chi connectivity index (χ0v) is 64.8. The Kier molecular flexibility index (Phi) is 65.0. The highest BCUT2D eigenvalue weighted by molar-refractivity contribution is 7.47. The number of carbonyl (C=O) groups excluding carboxylic acids is 4. The van der Waals surface area contributed by atoms with Crippen molar-refractivity contribution in [2.24, 2.45) is 23.7 Å². The second-order valence-corrected chi connectivity index (χ2v) is 32.1. The Labute approximate surface area is 588 Å². The highest BCUT2D eigenvalue weighted by Crippen LogP contribution is 2.45. The Hall–Kier alpha value is -1.94. The van der Waals surface area contributed by atoms with Crippen molar-refractivity contribution in [3.8, 4) is 0 Å². The number of ether oxygens (including phenoxy) is 4. The SMILES string of the molecule is CCC(C)CCCCCCCCCCCCC(=O)OC[C@H](COP(=O)(O)OCC(O)COP(=O)(O)OC[C@@H](COC(=O)CCCCCCCCC(C)C)OC(=O)CCCCCCCCCCCCCCCCCCC(C)C)OC(=O)CCCCCCCCCCCCC(C)CC. The van der Waals surface area contributed by atoms with Gasteiger partial charge in [0.15, 0.2) is 12.2 Å². The molecule has 0 heterocycles. The van der Waals surface area contributed by atoms with Gasteiger partial charge < -0.3 is 33.8 Å².